The molecule has 0 atom stereocenters. The summed E-state index contributed by atoms with van der Waals surface area (Å²) in [5.74, 6) is 1.51. The summed E-state index contributed by atoms with van der Waals surface area (Å²) < 4.78 is 11.5. The molecule has 2 amide bonds. The molecule has 6 heteroatoms. The van der Waals surface area contributed by atoms with E-state index in [1.165, 1.54) is 0 Å². The van der Waals surface area contributed by atoms with E-state index in [2.05, 4.69) is 11.4 Å². The lowest BCUT2D eigenvalue weighted by molar-refractivity contribution is -0.134. The number of rotatable bonds is 7. The number of nitrogens with one attached hydrogen (secondary N) is 1. The first-order valence-corrected chi connectivity index (χ1v) is 11.0. The second-order valence-electron chi connectivity index (χ2n) is 8.45. The van der Waals surface area contributed by atoms with Gasteiger partial charge in [-0.05, 0) is 43.5 Å². The summed E-state index contributed by atoms with van der Waals surface area (Å²) in [6, 6.07) is 13.4. The van der Waals surface area contributed by atoms with Crippen LogP contribution in [-0.4, -0.2) is 43.0 Å². The SMILES string of the molecule is COc1ccc(OC2CCN(C(=O)C3CC3)CC2)c(C(=O)NCc2cccc(C)c2)c1. The Labute approximate surface area is 183 Å². The maximum absolute atomic E-state index is 13.0. The van der Waals surface area contributed by atoms with E-state index in [9.17, 15) is 9.59 Å². The third-order valence-corrected chi connectivity index (χ3v) is 5.94. The third kappa shape index (κ3) is 5.37. The van der Waals surface area contributed by atoms with E-state index in [0.29, 0.717) is 42.6 Å². The first-order chi connectivity index (χ1) is 15.0. The lowest BCUT2D eigenvalue weighted by Crippen LogP contribution is -2.42. The number of piperidine rings is 1. The lowest BCUT2D eigenvalue weighted by Gasteiger charge is -2.32. The average Bonchev–Trinajstić information content (AvgIpc) is 3.63. The number of carbonyl (C=O) groups is 2. The van der Waals surface area contributed by atoms with Gasteiger partial charge in [-0.2, -0.15) is 0 Å². The maximum Gasteiger partial charge on any atom is 0.255 e. The zero-order chi connectivity index (χ0) is 21.8. The van der Waals surface area contributed by atoms with E-state index in [0.717, 1.165) is 36.8 Å². The van der Waals surface area contributed by atoms with Gasteiger partial charge in [0, 0.05) is 38.4 Å². The highest BCUT2D eigenvalue weighted by atomic mass is 16.5. The van der Waals surface area contributed by atoms with Crippen LogP contribution in [0.25, 0.3) is 0 Å². The van der Waals surface area contributed by atoms with Gasteiger partial charge in [-0.15, -0.1) is 0 Å². The minimum atomic E-state index is -0.197. The molecule has 0 spiro atoms. The van der Waals surface area contributed by atoms with Gasteiger partial charge in [-0.25, -0.2) is 0 Å². The zero-order valence-corrected chi connectivity index (χ0v) is 18.2. The molecule has 2 aromatic rings. The van der Waals surface area contributed by atoms with E-state index >= 15 is 0 Å². The summed E-state index contributed by atoms with van der Waals surface area (Å²) in [4.78, 5) is 27.2. The van der Waals surface area contributed by atoms with Gasteiger partial charge in [0.25, 0.3) is 5.91 Å². The first kappa shape index (κ1) is 21.2. The molecular formula is C25H30N2O4. The molecule has 1 saturated heterocycles. The molecule has 0 aromatic heterocycles. The molecule has 0 unspecified atom stereocenters. The number of methoxy groups -OCH3 is 1. The number of benzene rings is 2. The summed E-state index contributed by atoms with van der Waals surface area (Å²) in [5, 5.41) is 2.99. The number of nitrogens with zero attached hydrogens (tertiary/aromatic N) is 1. The van der Waals surface area contributed by atoms with E-state index < -0.39 is 0 Å². The fourth-order valence-corrected chi connectivity index (χ4v) is 3.98. The van der Waals surface area contributed by atoms with E-state index in [1.54, 1.807) is 25.3 Å². The summed E-state index contributed by atoms with van der Waals surface area (Å²) in [5.41, 5.74) is 2.67. The number of aryl methyl sites for hydroxylation is 1. The van der Waals surface area contributed by atoms with Crippen LogP contribution in [0, 0.1) is 12.8 Å². The molecule has 1 N–H and O–H groups in total. The molecule has 1 saturated carbocycles. The molecule has 6 nitrogen and oxygen atoms in total. The van der Waals surface area contributed by atoms with Crippen molar-refractivity contribution in [2.45, 2.75) is 45.3 Å². The summed E-state index contributed by atoms with van der Waals surface area (Å²) in [6.45, 7) is 3.90. The van der Waals surface area contributed by atoms with Crippen LogP contribution in [0.15, 0.2) is 42.5 Å². The van der Waals surface area contributed by atoms with Gasteiger partial charge in [-0.1, -0.05) is 29.8 Å². The molecule has 0 bridgehead atoms. The Kier molecular flexibility index (Phi) is 6.44. The Balaban J connectivity index is 1.40. The van der Waals surface area contributed by atoms with E-state index in [4.69, 9.17) is 9.47 Å². The van der Waals surface area contributed by atoms with Crippen molar-refractivity contribution in [3.8, 4) is 11.5 Å². The van der Waals surface area contributed by atoms with Crippen molar-refractivity contribution in [1.82, 2.24) is 10.2 Å². The maximum atomic E-state index is 13.0. The molecule has 2 fully saturated rings. The summed E-state index contributed by atoms with van der Waals surface area (Å²) >= 11 is 0. The second kappa shape index (κ2) is 9.41. The fraction of sp³-hybridized carbons (Fsp3) is 0.440. The number of likely N-dealkylation sites (tertiary alicyclic amines) is 1. The highest BCUT2D eigenvalue weighted by Gasteiger charge is 2.35. The van der Waals surface area contributed by atoms with Gasteiger partial charge >= 0.3 is 0 Å². The van der Waals surface area contributed by atoms with Gasteiger partial charge < -0.3 is 19.7 Å². The quantitative estimate of drug-likeness (QED) is 0.739. The molecule has 164 valence electrons. The van der Waals surface area contributed by atoms with E-state index in [1.807, 2.05) is 30.0 Å². The lowest BCUT2D eigenvalue weighted by atomic mass is 10.1. The number of hydrogen-bond acceptors (Lipinski definition) is 4. The monoisotopic (exact) mass is 422 g/mol. The van der Waals surface area contributed by atoms with Crippen molar-refractivity contribution >= 4 is 11.8 Å². The molecule has 4 rings (SSSR count). The highest BCUT2D eigenvalue weighted by Crippen LogP contribution is 2.33. The molecule has 31 heavy (non-hydrogen) atoms. The summed E-state index contributed by atoms with van der Waals surface area (Å²) in [7, 11) is 1.58. The van der Waals surface area contributed by atoms with Gasteiger partial charge in [0.2, 0.25) is 5.91 Å². The van der Waals surface area contributed by atoms with Crippen LogP contribution in [0.1, 0.15) is 47.2 Å². The molecule has 0 radical (unpaired) electrons. The normalized spacial score (nSPS) is 16.6. The summed E-state index contributed by atoms with van der Waals surface area (Å²) in [6.07, 6.45) is 3.59. The fourth-order valence-electron chi connectivity index (χ4n) is 3.98. The zero-order valence-electron chi connectivity index (χ0n) is 18.2. The van der Waals surface area contributed by atoms with Gasteiger partial charge in [-0.3, -0.25) is 9.59 Å². The van der Waals surface area contributed by atoms with Crippen LogP contribution in [0.2, 0.25) is 0 Å². The Morgan fingerprint density at radius 3 is 2.52 bits per heavy atom. The Bertz CT molecular complexity index is 946. The van der Waals surface area contributed by atoms with Crippen molar-refractivity contribution in [3.05, 3.63) is 59.2 Å². The van der Waals surface area contributed by atoms with Crippen LogP contribution >= 0.6 is 0 Å². The topological polar surface area (TPSA) is 67.9 Å². The van der Waals surface area contributed by atoms with Crippen LogP contribution in [-0.2, 0) is 11.3 Å². The number of ether oxygens (including phenoxy) is 2. The van der Waals surface area contributed by atoms with Crippen LogP contribution in [0.3, 0.4) is 0 Å². The minimum Gasteiger partial charge on any atom is -0.497 e. The second-order valence-corrected chi connectivity index (χ2v) is 8.45. The molecule has 1 aliphatic heterocycles. The molecule has 2 aliphatic rings. The molecule has 1 heterocycles. The smallest absolute Gasteiger partial charge is 0.255 e. The predicted molar refractivity (Wildman–Crippen MR) is 118 cm³/mol. The Morgan fingerprint density at radius 1 is 1.06 bits per heavy atom. The van der Waals surface area contributed by atoms with Crippen molar-refractivity contribution in [2.24, 2.45) is 5.92 Å². The highest BCUT2D eigenvalue weighted by molar-refractivity contribution is 5.97. The molecular weight excluding hydrogens is 392 g/mol. The predicted octanol–water partition coefficient (Wildman–Crippen LogP) is 3.71. The molecule has 2 aromatic carbocycles. The Hall–Kier alpha value is -3.02. The van der Waals surface area contributed by atoms with E-state index in [-0.39, 0.29) is 17.9 Å². The number of carbonyl (C=O) groups excluding carboxylic acids is 2. The standard InChI is InChI=1S/C25H30N2O4/c1-17-4-3-5-18(14-17)16-26-24(28)22-15-21(30-2)8-9-23(22)31-20-10-12-27(13-11-20)25(29)19-6-7-19/h3-5,8-9,14-15,19-20H,6-7,10-13,16H2,1-2H3,(H,26,28). The van der Waals surface area contributed by atoms with Gasteiger partial charge in [0.05, 0.1) is 12.7 Å². The van der Waals surface area contributed by atoms with Gasteiger partial charge in [0.15, 0.2) is 0 Å². The van der Waals surface area contributed by atoms with Crippen molar-refractivity contribution < 1.29 is 19.1 Å². The van der Waals surface area contributed by atoms with Crippen molar-refractivity contribution in [1.29, 1.82) is 0 Å². The van der Waals surface area contributed by atoms with Crippen LogP contribution in [0.5, 0.6) is 11.5 Å². The van der Waals surface area contributed by atoms with Crippen LogP contribution in [0.4, 0.5) is 0 Å². The molecule has 1 aliphatic carbocycles. The van der Waals surface area contributed by atoms with Crippen LogP contribution < -0.4 is 14.8 Å². The van der Waals surface area contributed by atoms with Crippen molar-refractivity contribution in [3.63, 3.8) is 0 Å². The number of amides is 2. The largest absolute Gasteiger partial charge is 0.497 e. The number of hydrogen-bond donors (Lipinski definition) is 1. The minimum absolute atomic E-state index is 0.0139. The third-order valence-electron chi connectivity index (χ3n) is 5.94. The Morgan fingerprint density at radius 2 is 1.84 bits per heavy atom. The first-order valence-electron chi connectivity index (χ1n) is 11.0. The average molecular weight is 423 g/mol. The van der Waals surface area contributed by atoms with Gasteiger partial charge in [0.1, 0.15) is 17.6 Å². The van der Waals surface area contributed by atoms with Crippen molar-refractivity contribution in [2.75, 3.05) is 20.2 Å².